The van der Waals surface area contributed by atoms with E-state index in [2.05, 4.69) is 15.9 Å². The van der Waals surface area contributed by atoms with Gasteiger partial charge in [-0.3, -0.25) is 0 Å². The molecule has 1 aliphatic heterocycles. The summed E-state index contributed by atoms with van der Waals surface area (Å²) < 4.78 is 14.7. The molecule has 1 saturated heterocycles. The maximum absolute atomic E-state index is 11.4. The first-order valence-electron chi connectivity index (χ1n) is 4.27. The molecule has 0 aromatic heterocycles. The van der Waals surface area contributed by atoms with Gasteiger partial charge < -0.3 is 14.2 Å². The molecule has 0 aromatic rings. The standard InChI is InChI=1S/C8H11BrO5/c1-3-8(7(11)12-4-2)13-5(9)6(10)14-8/h5H,3-4H2,1-2H3. The Balaban J connectivity index is 2.78. The van der Waals surface area contributed by atoms with Crippen molar-refractivity contribution in [3.63, 3.8) is 0 Å². The van der Waals surface area contributed by atoms with Crippen LogP contribution < -0.4 is 0 Å². The van der Waals surface area contributed by atoms with Crippen LogP contribution in [0.25, 0.3) is 0 Å². The first-order valence-corrected chi connectivity index (χ1v) is 5.19. The second-order valence-electron chi connectivity index (χ2n) is 2.68. The summed E-state index contributed by atoms with van der Waals surface area (Å²) in [5.41, 5.74) is 0. The minimum atomic E-state index is -1.57. The summed E-state index contributed by atoms with van der Waals surface area (Å²) in [5.74, 6) is -2.85. The minimum Gasteiger partial charge on any atom is -0.461 e. The Bertz CT molecular complexity index is 254. The Hall–Kier alpha value is -0.620. The van der Waals surface area contributed by atoms with Crippen molar-refractivity contribution in [2.45, 2.75) is 31.1 Å². The van der Waals surface area contributed by atoms with Crippen molar-refractivity contribution in [2.24, 2.45) is 0 Å². The van der Waals surface area contributed by atoms with Crippen molar-refractivity contribution < 1.29 is 23.8 Å². The topological polar surface area (TPSA) is 61.8 Å². The van der Waals surface area contributed by atoms with Gasteiger partial charge in [-0.15, -0.1) is 0 Å². The first-order chi connectivity index (χ1) is 6.55. The average Bonchev–Trinajstić information content (AvgIpc) is 2.44. The molecule has 80 valence electrons. The van der Waals surface area contributed by atoms with E-state index in [-0.39, 0.29) is 13.0 Å². The van der Waals surface area contributed by atoms with Gasteiger partial charge in [0.05, 0.1) is 6.61 Å². The quantitative estimate of drug-likeness (QED) is 0.562. The number of esters is 2. The molecule has 1 rings (SSSR count). The van der Waals surface area contributed by atoms with Crippen LogP contribution in [-0.4, -0.2) is 29.3 Å². The maximum atomic E-state index is 11.4. The summed E-state index contributed by atoms with van der Waals surface area (Å²) in [7, 11) is 0. The Morgan fingerprint density at radius 1 is 1.64 bits per heavy atom. The van der Waals surface area contributed by atoms with E-state index in [9.17, 15) is 9.59 Å². The van der Waals surface area contributed by atoms with Gasteiger partial charge in [0, 0.05) is 6.42 Å². The second kappa shape index (κ2) is 4.27. The van der Waals surface area contributed by atoms with Crippen LogP contribution in [0.2, 0.25) is 0 Å². The largest absolute Gasteiger partial charge is 0.461 e. The van der Waals surface area contributed by atoms with Crippen LogP contribution in [0.5, 0.6) is 0 Å². The SMILES string of the molecule is CCOC(=O)C1(CC)OC(=O)C(Br)O1. The third-order valence-corrected chi connectivity index (χ3v) is 2.36. The first kappa shape index (κ1) is 11.5. The van der Waals surface area contributed by atoms with E-state index in [4.69, 9.17) is 14.2 Å². The number of carbonyl (C=O) groups excluding carboxylic acids is 2. The Morgan fingerprint density at radius 3 is 2.64 bits per heavy atom. The van der Waals surface area contributed by atoms with Crippen molar-refractivity contribution in [3.05, 3.63) is 0 Å². The predicted molar refractivity (Wildman–Crippen MR) is 49.5 cm³/mol. The van der Waals surface area contributed by atoms with Gasteiger partial charge in [-0.1, -0.05) is 6.92 Å². The fraction of sp³-hybridized carbons (Fsp3) is 0.750. The van der Waals surface area contributed by atoms with Gasteiger partial charge in [-0.25, -0.2) is 9.59 Å². The van der Waals surface area contributed by atoms with Gasteiger partial charge in [0.15, 0.2) is 0 Å². The molecular formula is C8H11BrO5. The lowest BCUT2D eigenvalue weighted by molar-refractivity contribution is -0.209. The van der Waals surface area contributed by atoms with Gasteiger partial charge >= 0.3 is 17.7 Å². The highest BCUT2D eigenvalue weighted by Gasteiger charge is 2.53. The third-order valence-electron chi connectivity index (χ3n) is 1.80. The highest BCUT2D eigenvalue weighted by molar-refractivity contribution is 9.09. The van der Waals surface area contributed by atoms with E-state index in [1.165, 1.54) is 0 Å². The third kappa shape index (κ3) is 1.90. The molecule has 0 N–H and O–H groups in total. The van der Waals surface area contributed by atoms with E-state index in [0.717, 1.165) is 0 Å². The summed E-state index contributed by atoms with van der Waals surface area (Å²) in [6.07, 6.45) is 0.222. The fourth-order valence-electron chi connectivity index (χ4n) is 1.08. The summed E-state index contributed by atoms with van der Waals surface area (Å²) in [4.78, 5) is 22.5. The molecule has 0 aliphatic carbocycles. The summed E-state index contributed by atoms with van der Waals surface area (Å²) in [6, 6.07) is 0. The summed E-state index contributed by atoms with van der Waals surface area (Å²) in [5, 5.41) is -0.896. The molecule has 1 heterocycles. The Morgan fingerprint density at radius 2 is 2.29 bits per heavy atom. The normalized spacial score (nSPS) is 31.4. The molecule has 0 radical (unpaired) electrons. The van der Waals surface area contributed by atoms with Gasteiger partial charge in [0.1, 0.15) is 0 Å². The zero-order valence-electron chi connectivity index (χ0n) is 7.91. The molecule has 0 saturated carbocycles. The van der Waals surface area contributed by atoms with E-state index in [1.54, 1.807) is 13.8 Å². The van der Waals surface area contributed by atoms with Gasteiger partial charge in [0.2, 0.25) is 5.01 Å². The van der Waals surface area contributed by atoms with Crippen molar-refractivity contribution in [3.8, 4) is 0 Å². The molecular weight excluding hydrogens is 256 g/mol. The van der Waals surface area contributed by atoms with E-state index in [0.29, 0.717) is 0 Å². The highest BCUT2D eigenvalue weighted by atomic mass is 79.9. The average molecular weight is 267 g/mol. The summed E-state index contributed by atoms with van der Waals surface area (Å²) in [6.45, 7) is 3.56. The molecule has 2 atom stereocenters. The highest BCUT2D eigenvalue weighted by Crippen LogP contribution is 2.31. The van der Waals surface area contributed by atoms with Crippen LogP contribution in [0.4, 0.5) is 0 Å². The Labute approximate surface area is 89.8 Å². The number of alkyl halides is 1. The molecule has 1 aliphatic rings. The number of halogens is 1. The fourth-order valence-corrected chi connectivity index (χ4v) is 1.47. The monoisotopic (exact) mass is 266 g/mol. The van der Waals surface area contributed by atoms with Crippen LogP contribution in [0, 0.1) is 0 Å². The molecule has 0 spiro atoms. The smallest absolute Gasteiger partial charge is 0.379 e. The van der Waals surface area contributed by atoms with Gasteiger partial charge in [-0.2, -0.15) is 0 Å². The van der Waals surface area contributed by atoms with Crippen molar-refractivity contribution in [1.82, 2.24) is 0 Å². The number of ether oxygens (including phenoxy) is 3. The van der Waals surface area contributed by atoms with E-state index < -0.39 is 22.7 Å². The van der Waals surface area contributed by atoms with Crippen molar-refractivity contribution in [2.75, 3.05) is 6.61 Å². The van der Waals surface area contributed by atoms with Crippen LogP contribution >= 0.6 is 15.9 Å². The molecule has 14 heavy (non-hydrogen) atoms. The lowest BCUT2D eigenvalue weighted by Crippen LogP contribution is -2.41. The predicted octanol–water partition coefficient (Wildman–Crippen LogP) is 0.950. The van der Waals surface area contributed by atoms with Crippen LogP contribution in [0.15, 0.2) is 0 Å². The van der Waals surface area contributed by atoms with E-state index in [1.807, 2.05) is 0 Å². The van der Waals surface area contributed by atoms with Crippen LogP contribution in [-0.2, 0) is 23.8 Å². The molecule has 5 nitrogen and oxygen atoms in total. The molecule has 0 aromatic carbocycles. The lowest BCUT2D eigenvalue weighted by atomic mass is 10.2. The number of cyclic esters (lactones) is 1. The molecule has 6 heteroatoms. The zero-order chi connectivity index (χ0) is 10.8. The number of rotatable bonds is 3. The number of hydrogen-bond donors (Lipinski definition) is 0. The molecule has 1 fully saturated rings. The van der Waals surface area contributed by atoms with E-state index >= 15 is 0 Å². The maximum Gasteiger partial charge on any atom is 0.379 e. The zero-order valence-corrected chi connectivity index (χ0v) is 9.50. The van der Waals surface area contributed by atoms with Gasteiger partial charge in [-0.05, 0) is 22.9 Å². The Kier molecular flexibility index (Phi) is 3.49. The van der Waals surface area contributed by atoms with Crippen LogP contribution in [0.3, 0.4) is 0 Å². The molecule has 0 amide bonds. The second-order valence-corrected chi connectivity index (χ2v) is 3.51. The van der Waals surface area contributed by atoms with Gasteiger partial charge in [0.25, 0.3) is 0 Å². The lowest BCUT2D eigenvalue weighted by Gasteiger charge is -2.21. The summed E-state index contributed by atoms with van der Waals surface area (Å²) >= 11 is 2.93. The van der Waals surface area contributed by atoms with Crippen molar-refractivity contribution >= 4 is 27.9 Å². The van der Waals surface area contributed by atoms with Crippen LogP contribution in [0.1, 0.15) is 20.3 Å². The minimum absolute atomic E-state index is 0.217. The molecule has 2 unspecified atom stereocenters. The number of carbonyl (C=O) groups is 2. The molecule has 0 bridgehead atoms. The number of hydrogen-bond acceptors (Lipinski definition) is 5. The van der Waals surface area contributed by atoms with Crippen molar-refractivity contribution in [1.29, 1.82) is 0 Å².